The number of piperidine rings is 1. The summed E-state index contributed by atoms with van der Waals surface area (Å²) in [7, 11) is 1.66. The van der Waals surface area contributed by atoms with Gasteiger partial charge in [-0.05, 0) is 81.2 Å². The highest BCUT2D eigenvalue weighted by Crippen LogP contribution is 2.36. The molecular formula is C33H43F2N5O2. The molecule has 1 aromatic carbocycles. The lowest BCUT2D eigenvalue weighted by molar-refractivity contribution is 0.0967. The number of anilines is 2. The Kier molecular flexibility index (Phi) is 9.05. The fourth-order valence-electron chi connectivity index (χ4n) is 6.79. The molecule has 3 aromatic rings. The number of ether oxygens (including phenoxy) is 2. The number of fused-ring (bicyclic) bond motifs is 2. The first-order chi connectivity index (χ1) is 20.5. The number of likely N-dealkylation sites (tertiary alicyclic amines) is 1. The van der Waals surface area contributed by atoms with Crippen molar-refractivity contribution in [3.05, 3.63) is 52.7 Å². The van der Waals surface area contributed by atoms with Crippen LogP contribution in [0.4, 0.5) is 20.2 Å². The zero-order chi connectivity index (χ0) is 29.1. The van der Waals surface area contributed by atoms with Gasteiger partial charge in [0.15, 0.2) is 11.6 Å². The smallest absolute Gasteiger partial charge is 0.219 e. The Bertz CT molecular complexity index is 1390. The zero-order valence-corrected chi connectivity index (χ0v) is 24.9. The van der Waals surface area contributed by atoms with Crippen molar-refractivity contribution in [2.45, 2.75) is 70.9 Å². The van der Waals surface area contributed by atoms with Crippen molar-refractivity contribution < 1.29 is 18.3 Å². The van der Waals surface area contributed by atoms with Crippen LogP contribution in [0.5, 0.6) is 5.88 Å². The quantitative estimate of drug-likeness (QED) is 0.242. The number of nitrogens with one attached hydrogen (secondary N) is 1. The molecule has 1 aliphatic carbocycles. The molecule has 0 spiro atoms. The van der Waals surface area contributed by atoms with Crippen LogP contribution >= 0.6 is 0 Å². The fraction of sp³-hybridized carbons (Fsp3) is 0.576. The average molecular weight is 580 g/mol. The van der Waals surface area contributed by atoms with Gasteiger partial charge in [0.2, 0.25) is 5.88 Å². The third kappa shape index (κ3) is 6.32. The Labute approximate surface area is 247 Å². The summed E-state index contributed by atoms with van der Waals surface area (Å²) in [6.07, 6.45) is 8.28. The summed E-state index contributed by atoms with van der Waals surface area (Å²) in [5.74, 6) is -0.226. The Morgan fingerprint density at radius 1 is 1.02 bits per heavy atom. The van der Waals surface area contributed by atoms with Crippen LogP contribution in [0.1, 0.15) is 62.3 Å². The normalized spacial score (nSPS) is 20.1. The molecule has 2 aliphatic heterocycles. The van der Waals surface area contributed by atoms with E-state index in [0.717, 1.165) is 92.1 Å². The van der Waals surface area contributed by atoms with Crippen LogP contribution in [0.15, 0.2) is 24.3 Å². The number of aryl methyl sites for hydroxylation is 1. The molecule has 2 saturated heterocycles. The van der Waals surface area contributed by atoms with E-state index in [9.17, 15) is 8.78 Å². The number of methoxy groups -OCH3 is 1. The van der Waals surface area contributed by atoms with E-state index in [1.807, 2.05) is 4.90 Å². The van der Waals surface area contributed by atoms with Gasteiger partial charge in [-0.25, -0.2) is 13.8 Å². The van der Waals surface area contributed by atoms with E-state index >= 15 is 0 Å². The topological polar surface area (TPSA) is 62.8 Å². The Balaban J connectivity index is 1.21. The van der Waals surface area contributed by atoms with E-state index in [1.165, 1.54) is 24.5 Å². The number of hydrogen-bond acceptors (Lipinski definition) is 7. The summed E-state index contributed by atoms with van der Waals surface area (Å²) in [4.78, 5) is 14.5. The Morgan fingerprint density at radius 2 is 1.86 bits per heavy atom. The van der Waals surface area contributed by atoms with Crippen molar-refractivity contribution in [3.63, 3.8) is 0 Å². The van der Waals surface area contributed by atoms with Crippen LogP contribution in [0.3, 0.4) is 0 Å². The van der Waals surface area contributed by atoms with Crippen LogP contribution in [0, 0.1) is 17.6 Å². The van der Waals surface area contributed by atoms with E-state index in [0.29, 0.717) is 37.9 Å². The molecule has 0 bridgehead atoms. The standard InChI is InChI=1S/C33H43F2N5O2/c1-22-11-14-39(20-22)17-18-42-21-23-19-28-32(38-33(23)41-2)31(25-7-4-3-5-9-27(25)37-28)36-24-12-15-40(16-13-24)29-10-6-8-26(34)30(29)35/h6,8,10,19,22,24H,3-5,7,9,11-18,20-21H2,1-2H3,(H,36,37). The lowest BCUT2D eigenvalue weighted by Crippen LogP contribution is -2.39. The van der Waals surface area contributed by atoms with E-state index in [4.69, 9.17) is 19.4 Å². The second kappa shape index (κ2) is 13.1. The maximum absolute atomic E-state index is 14.4. The number of rotatable bonds is 9. The molecule has 0 amide bonds. The molecule has 9 heteroatoms. The van der Waals surface area contributed by atoms with Gasteiger partial charge in [-0.2, -0.15) is 0 Å². The third-order valence-corrected chi connectivity index (χ3v) is 9.15. The Hall–Kier alpha value is -3.04. The molecule has 0 radical (unpaired) electrons. The second-order valence-electron chi connectivity index (χ2n) is 12.2. The summed E-state index contributed by atoms with van der Waals surface area (Å²) in [6.45, 7) is 7.96. The van der Waals surface area contributed by atoms with Gasteiger partial charge in [0.1, 0.15) is 5.52 Å². The molecule has 0 saturated carbocycles. The van der Waals surface area contributed by atoms with Gasteiger partial charge < -0.3 is 24.6 Å². The molecule has 3 aliphatic rings. The molecule has 42 heavy (non-hydrogen) atoms. The van der Waals surface area contributed by atoms with Crippen LogP contribution < -0.4 is 15.0 Å². The van der Waals surface area contributed by atoms with Gasteiger partial charge in [-0.3, -0.25) is 4.98 Å². The van der Waals surface area contributed by atoms with Gasteiger partial charge in [0.25, 0.3) is 0 Å². The van der Waals surface area contributed by atoms with Gasteiger partial charge in [0.05, 0.1) is 37.2 Å². The molecule has 1 atom stereocenters. The van der Waals surface area contributed by atoms with Crippen LogP contribution in [0.25, 0.3) is 11.0 Å². The molecule has 2 fully saturated rings. The van der Waals surface area contributed by atoms with Crippen molar-refractivity contribution in [2.75, 3.05) is 56.7 Å². The summed E-state index contributed by atoms with van der Waals surface area (Å²) in [6, 6.07) is 6.68. The first kappa shape index (κ1) is 29.1. The number of halogens is 2. The van der Waals surface area contributed by atoms with Crippen molar-refractivity contribution >= 4 is 22.4 Å². The lowest BCUT2D eigenvalue weighted by atomic mass is 10.00. The van der Waals surface area contributed by atoms with E-state index < -0.39 is 11.6 Å². The van der Waals surface area contributed by atoms with Gasteiger partial charge >= 0.3 is 0 Å². The van der Waals surface area contributed by atoms with Gasteiger partial charge in [-0.1, -0.05) is 19.4 Å². The van der Waals surface area contributed by atoms with Crippen molar-refractivity contribution in [1.82, 2.24) is 14.9 Å². The zero-order valence-electron chi connectivity index (χ0n) is 24.9. The largest absolute Gasteiger partial charge is 0.481 e. The van der Waals surface area contributed by atoms with Crippen LogP contribution in [-0.2, 0) is 24.2 Å². The number of aromatic nitrogens is 2. The van der Waals surface area contributed by atoms with Crippen LogP contribution in [0.2, 0.25) is 0 Å². The second-order valence-corrected chi connectivity index (χ2v) is 12.2. The minimum absolute atomic E-state index is 0.194. The number of benzene rings is 1. The van der Waals surface area contributed by atoms with E-state index in [1.54, 1.807) is 19.2 Å². The number of hydrogen-bond donors (Lipinski definition) is 1. The SMILES string of the molecule is COc1nc2c(NC3CCN(c4cccc(F)c4F)CC3)c3c(nc2cc1COCCN1CCC(C)C1)CCCCC3. The summed E-state index contributed by atoms with van der Waals surface area (Å²) in [5, 5.41) is 3.85. The minimum atomic E-state index is -0.801. The predicted octanol–water partition coefficient (Wildman–Crippen LogP) is 6.12. The minimum Gasteiger partial charge on any atom is -0.481 e. The fourth-order valence-corrected chi connectivity index (χ4v) is 6.79. The first-order valence-corrected chi connectivity index (χ1v) is 15.6. The number of nitrogens with zero attached hydrogens (tertiary/aromatic N) is 4. The monoisotopic (exact) mass is 579 g/mol. The molecule has 1 unspecified atom stereocenters. The molecule has 2 aromatic heterocycles. The van der Waals surface area contributed by atoms with Gasteiger partial charge in [0, 0.05) is 43.5 Å². The molecule has 4 heterocycles. The molecule has 7 nitrogen and oxygen atoms in total. The highest BCUT2D eigenvalue weighted by atomic mass is 19.2. The molecular weight excluding hydrogens is 536 g/mol. The lowest BCUT2D eigenvalue weighted by Gasteiger charge is -2.35. The molecule has 226 valence electrons. The maximum atomic E-state index is 14.4. The molecule has 6 rings (SSSR count). The van der Waals surface area contributed by atoms with Crippen molar-refractivity contribution in [3.8, 4) is 5.88 Å². The third-order valence-electron chi connectivity index (χ3n) is 9.15. The summed E-state index contributed by atoms with van der Waals surface area (Å²) < 4.78 is 40.2. The maximum Gasteiger partial charge on any atom is 0.219 e. The summed E-state index contributed by atoms with van der Waals surface area (Å²) in [5.41, 5.74) is 6.43. The van der Waals surface area contributed by atoms with Crippen molar-refractivity contribution in [1.29, 1.82) is 0 Å². The van der Waals surface area contributed by atoms with E-state index in [-0.39, 0.29) is 6.04 Å². The first-order valence-electron chi connectivity index (χ1n) is 15.6. The highest BCUT2D eigenvalue weighted by molar-refractivity contribution is 5.91. The summed E-state index contributed by atoms with van der Waals surface area (Å²) >= 11 is 0. The molecule has 1 N–H and O–H groups in total. The average Bonchev–Trinajstić information content (AvgIpc) is 3.27. The van der Waals surface area contributed by atoms with Crippen LogP contribution in [-0.4, -0.2) is 67.4 Å². The van der Waals surface area contributed by atoms with E-state index in [2.05, 4.69) is 23.2 Å². The van der Waals surface area contributed by atoms with Crippen molar-refractivity contribution in [2.24, 2.45) is 5.92 Å². The Morgan fingerprint density at radius 3 is 2.64 bits per heavy atom. The predicted molar refractivity (Wildman–Crippen MR) is 162 cm³/mol. The highest BCUT2D eigenvalue weighted by Gasteiger charge is 2.26. The van der Waals surface area contributed by atoms with Gasteiger partial charge in [-0.15, -0.1) is 0 Å². The number of pyridine rings is 2.